The minimum absolute atomic E-state index is 0.943. The molecule has 9 rings (SSSR count). The summed E-state index contributed by atoms with van der Waals surface area (Å²) in [6.07, 6.45) is 1.90. The number of hydrogen-bond acceptors (Lipinski definition) is 3. The second-order valence-electron chi connectivity index (χ2n) is 14.1. The Morgan fingerprint density at radius 1 is 0.462 bits per heavy atom. The summed E-state index contributed by atoms with van der Waals surface area (Å²) < 4.78 is 2.67. The molecule has 2 nitrogen and oxygen atoms in total. The Morgan fingerprint density at radius 3 is 1.77 bits per heavy atom. The van der Waals surface area contributed by atoms with E-state index < -0.39 is 8.07 Å². The maximum Gasteiger partial charge on any atom is 0.123 e. The van der Waals surface area contributed by atoms with Crippen LogP contribution in [0.1, 0.15) is 38.8 Å². The third-order valence-corrected chi connectivity index (χ3v) is 18.2. The van der Waals surface area contributed by atoms with E-state index in [9.17, 15) is 0 Å². The molecule has 0 saturated heterocycles. The standard InChI is InChI=1S/C48H44N2SSi/c1-5-33-19-9-11-23-39(33)49(44-32-46-38(31-34(44)6-2)37-20-10-14-28-45(37)51-46)40-26-17-22-36-35(40)21-18-27-41(36)50-42-24-12-15-29-47(42)52(7-3,8-4)48-30-16-13-25-43(48)50/h9-32H,5-8H2,1-4H3. The van der Waals surface area contributed by atoms with Gasteiger partial charge in [-0.2, -0.15) is 0 Å². The summed E-state index contributed by atoms with van der Waals surface area (Å²) in [7, 11) is -1.94. The minimum atomic E-state index is -1.94. The highest BCUT2D eigenvalue weighted by Crippen LogP contribution is 2.48. The summed E-state index contributed by atoms with van der Waals surface area (Å²) in [6.45, 7) is 9.39. The van der Waals surface area contributed by atoms with Gasteiger partial charge >= 0.3 is 0 Å². The molecule has 0 spiro atoms. The van der Waals surface area contributed by atoms with Crippen LogP contribution in [0.3, 0.4) is 0 Å². The normalized spacial score (nSPS) is 13.4. The van der Waals surface area contributed by atoms with Crippen LogP contribution in [0.25, 0.3) is 30.9 Å². The molecule has 7 aromatic carbocycles. The van der Waals surface area contributed by atoms with Gasteiger partial charge < -0.3 is 9.80 Å². The van der Waals surface area contributed by atoms with E-state index in [1.54, 1.807) is 10.4 Å². The lowest BCUT2D eigenvalue weighted by molar-refractivity contribution is 1.09. The van der Waals surface area contributed by atoms with Crippen LogP contribution < -0.4 is 20.2 Å². The van der Waals surface area contributed by atoms with Crippen LogP contribution in [0, 0.1) is 0 Å². The number of para-hydroxylation sites is 3. The minimum Gasteiger partial charge on any atom is -0.310 e. The fraction of sp³-hybridized carbons (Fsp3) is 0.167. The summed E-state index contributed by atoms with van der Waals surface area (Å²) in [5.74, 6) is 0. The first-order chi connectivity index (χ1) is 25.6. The Morgan fingerprint density at radius 2 is 1.04 bits per heavy atom. The third-order valence-electron chi connectivity index (χ3n) is 11.7. The quantitative estimate of drug-likeness (QED) is 0.145. The van der Waals surface area contributed by atoms with E-state index in [2.05, 4.69) is 183 Å². The van der Waals surface area contributed by atoms with Crippen molar-refractivity contribution in [2.75, 3.05) is 9.80 Å². The number of benzene rings is 7. The van der Waals surface area contributed by atoms with Gasteiger partial charge in [-0.1, -0.05) is 137 Å². The first kappa shape index (κ1) is 32.7. The van der Waals surface area contributed by atoms with Gasteiger partial charge in [-0.25, -0.2) is 0 Å². The van der Waals surface area contributed by atoms with Gasteiger partial charge in [0.15, 0.2) is 0 Å². The van der Waals surface area contributed by atoms with Crippen molar-refractivity contribution in [3.05, 3.63) is 157 Å². The number of nitrogens with zero attached hydrogens (tertiary/aromatic N) is 2. The first-order valence-electron chi connectivity index (χ1n) is 18.9. The van der Waals surface area contributed by atoms with Crippen molar-refractivity contribution in [2.24, 2.45) is 0 Å². The van der Waals surface area contributed by atoms with Crippen molar-refractivity contribution < 1.29 is 0 Å². The first-order valence-corrected chi connectivity index (χ1v) is 22.2. The van der Waals surface area contributed by atoms with E-state index in [4.69, 9.17) is 0 Å². The van der Waals surface area contributed by atoms with Crippen LogP contribution in [0.15, 0.2) is 146 Å². The fourth-order valence-corrected chi connectivity index (χ4v) is 14.7. The maximum atomic E-state index is 2.57. The summed E-state index contributed by atoms with van der Waals surface area (Å²) >= 11 is 1.90. The lowest BCUT2D eigenvalue weighted by Gasteiger charge is -2.44. The second kappa shape index (κ2) is 13.1. The lowest BCUT2D eigenvalue weighted by atomic mass is 9.99. The smallest absolute Gasteiger partial charge is 0.123 e. The van der Waals surface area contributed by atoms with Crippen molar-refractivity contribution in [2.45, 2.75) is 52.6 Å². The molecule has 1 aliphatic heterocycles. The van der Waals surface area contributed by atoms with Crippen LogP contribution in [0.5, 0.6) is 0 Å². The Labute approximate surface area is 312 Å². The van der Waals surface area contributed by atoms with Gasteiger partial charge in [-0.05, 0) is 82.9 Å². The predicted molar refractivity (Wildman–Crippen MR) is 231 cm³/mol. The highest BCUT2D eigenvalue weighted by Gasteiger charge is 2.43. The summed E-state index contributed by atoms with van der Waals surface area (Å²) in [5, 5.41) is 8.31. The molecule has 0 radical (unpaired) electrons. The molecule has 0 aliphatic carbocycles. The van der Waals surface area contributed by atoms with Crippen LogP contribution >= 0.6 is 11.3 Å². The van der Waals surface area contributed by atoms with E-state index in [1.807, 2.05) is 11.3 Å². The second-order valence-corrected chi connectivity index (χ2v) is 19.8. The highest BCUT2D eigenvalue weighted by molar-refractivity contribution is 7.25. The largest absolute Gasteiger partial charge is 0.310 e. The summed E-state index contributed by atoms with van der Waals surface area (Å²) in [4.78, 5) is 5.14. The van der Waals surface area contributed by atoms with Crippen LogP contribution in [-0.4, -0.2) is 8.07 Å². The average Bonchev–Trinajstić information content (AvgIpc) is 3.57. The zero-order chi connectivity index (χ0) is 35.4. The SMILES string of the molecule is CCc1ccccc1N(c1cc2sc3ccccc3c2cc1CC)c1cccc2c(N3c4ccccc4[Si](CC)(CC)c4ccccc43)cccc12. The molecule has 0 unspecified atom stereocenters. The molecular formula is C48H44N2SSi. The van der Waals surface area contributed by atoms with Crippen LogP contribution in [0.2, 0.25) is 12.1 Å². The monoisotopic (exact) mass is 708 g/mol. The average molecular weight is 709 g/mol. The van der Waals surface area contributed by atoms with Crippen LogP contribution in [-0.2, 0) is 12.8 Å². The van der Waals surface area contributed by atoms with E-state index in [0.29, 0.717) is 0 Å². The number of rotatable bonds is 8. The lowest BCUT2D eigenvalue weighted by Crippen LogP contribution is -2.61. The van der Waals surface area contributed by atoms with Gasteiger partial charge in [0, 0.05) is 48.0 Å². The van der Waals surface area contributed by atoms with E-state index in [-0.39, 0.29) is 0 Å². The molecular weight excluding hydrogens is 665 g/mol. The van der Waals surface area contributed by atoms with Gasteiger partial charge in [0.25, 0.3) is 0 Å². The number of aryl methyl sites for hydroxylation is 2. The van der Waals surface area contributed by atoms with Crippen molar-refractivity contribution in [1.29, 1.82) is 0 Å². The molecule has 1 aliphatic rings. The Balaban J connectivity index is 1.32. The van der Waals surface area contributed by atoms with Gasteiger partial charge in [0.05, 0.1) is 17.1 Å². The highest BCUT2D eigenvalue weighted by atomic mass is 32.1. The number of anilines is 6. The van der Waals surface area contributed by atoms with Gasteiger partial charge in [0.1, 0.15) is 8.07 Å². The molecule has 0 saturated carbocycles. The molecule has 256 valence electrons. The molecule has 0 N–H and O–H groups in total. The van der Waals surface area contributed by atoms with Crippen molar-refractivity contribution in [3.8, 4) is 0 Å². The molecule has 8 aromatic rings. The van der Waals surface area contributed by atoms with E-state index in [0.717, 1.165) is 12.8 Å². The Hall–Kier alpha value is -5.16. The van der Waals surface area contributed by atoms with Crippen molar-refractivity contribution in [3.63, 3.8) is 0 Å². The number of fused-ring (bicyclic) bond motifs is 6. The van der Waals surface area contributed by atoms with Gasteiger partial charge in [-0.3, -0.25) is 0 Å². The van der Waals surface area contributed by atoms with Crippen molar-refractivity contribution in [1.82, 2.24) is 0 Å². The van der Waals surface area contributed by atoms with E-state index >= 15 is 0 Å². The Bertz CT molecular complexity index is 2570. The molecule has 2 heterocycles. The third kappa shape index (κ3) is 4.88. The number of thiophene rings is 1. The van der Waals surface area contributed by atoms with Gasteiger partial charge in [-0.15, -0.1) is 11.3 Å². The van der Waals surface area contributed by atoms with E-state index in [1.165, 1.54) is 88.3 Å². The molecule has 0 bridgehead atoms. The Kier molecular flexibility index (Phi) is 8.25. The van der Waals surface area contributed by atoms with Gasteiger partial charge in [0.2, 0.25) is 0 Å². The fourth-order valence-electron chi connectivity index (χ4n) is 9.07. The predicted octanol–water partition coefficient (Wildman–Crippen LogP) is 13.2. The molecule has 4 heteroatoms. The molecule has 52 heavy (non-hydrogen) atoms. The summed E-state index contributed by atoms with van der Waals surface area (Å²) in [6, 6.07) is 57.5. The maximum absolute atomic E-state index is 2.57. The van der Waals surface area contributed by atoms with Crippen molar-refractivity contribution >= 4 is 94.9 Å². The van der Waals surface area contributed by atoms with Crippen LogP contribution in [0.4, 0.5) is 34.1 Å². The summed E-state index contributed by atoms with van der Waals surface area (Å²) in [5.41, 5.74) is 10.3. The molecule has 0 amide bonds. The topological polar surface area (TPSA) is 6.48 Å². The molecule has 0 atom stereocenters. The number of hydrogen-bond donors (Lipinski definition) is 0. The zero-order valence-electron chi connectivity index (χ0n) is 30.5. The zero-order valence-corrected chi connectivity index (χ0v) is 32.3. The molecule has 0 fully saturated rings. The molecule has 1 aromatic heterocycles.